The van der Waals surface area contributed by atoms with Gasteiger partial charge >= 0.3 is 0 Å². The highest BCUT2D eigenvalue weighted by Gasteiger charge is 2.25. The van der Waals surface area contributed by atoms with Gasteiger partial charge in [0.1, 0.15) is 0 Å². The van der Waals surface area contributed by atoms with Crippen LogP contribution in [0.3, 0.4) is 0 Å². The molecule has 3 rings (SSSR count). The number of carbonyl (C=O) groups is 1. The van der Waals surface area contributed by atoms with Crippen molar-refractivity contribution in [3.05, 3.63) is 59.9 Å². The SMILES string of the molecule is O=C(NCc1cccnc1)c1cccc(S(=O)(=O)N2CCCNCC2)c1. The fraction of sp³-hybridized carbons (Fsp3) is 0.333. The van der Waals surface area contributed by atoms with Crippen LogP contribution in [0.15, 0.2) is 53.7 Å². The number of pyridine rings is 1. The van der Waals surface area contributed by atoms with Crippen molar-refractivity contribution in [2.24, 2.45) is 0 Å². The van der Waals surface area contributed by atoms with Crippen molar-refractivity contribution in [2.45, 2.75) is 17.9 Å². The summed E-state index contributed by atoms with van der Waals surface area (Å²) in [5.41, 5.74) is 1.20. The Balaban J connectivity index is 1.73. The van der Waals surface area contributed by atoms with E-state index >= 15 is 0 Å². The predicted octanol–water partition coefficient (Wildman–Crippen LogP) is 0.996. The Morgan fingerprint density at radius 2 is 2.08 bits per heavy atom. The number of hydrogen-bond donors (Lipinski definition) is 2. The average molecular weight is 374 g/mol. The Kier molecular flexibility index (Phi) is 5.97. The zero-order valence-corrected chi connectivity index (χ0v) is 15.2. The van der Waals surface area contributed by atoms with Gasteiger partial charge in [-0.15, -0.1) is 0 Å². The molecular formula is C18H22N4O3S. The molecule has 0 saturated carbocycles. The maximum atomic E-state index is 12.9. The van der Waals surface area contributed by atoms with Crippen LogP contribution in [0, 0.1) is 0 Å². The third kappa shape index (κ3) is 4.46. The van der Waals surface area contributed by atoms with Gasteiger partial charge in [-0.2, -0.15) is 4.31 Å². The van der Waals surface area contributed by atoms with Gasteiger partial charge in [0, 0.05) is 44.1 Å². The number of sulfonamides is 1. The van der Waals surface area contributed by atoms with Crippen LogP contribution in [0.5, 0.6) is 0 Å². The smallest absolute Gasteiger partial charge is 0.251 e. The molecule has 0 bridgehead atoms. The summed E-state index contributed by atoms with van der Waals surface area (Å²) in [5.74, 6) is -0.316. The fourth-order valence-electron chi connectivity index (χ4n) is 2.80. The Labute approximate surface area is 153 Å². The van der Waals surface area contributed by atoms with Crippen molar-refractivity contribution < 1.29 is 13.2 Å². The molecule has 2 aromatic rings. The Bertz CT molecular complexity index is 848. The summed E-state index contributed by atoms with van der Waals surface area (Å²) in [4.78, 5) is 16.5. The molecule has 8 heteroatoms. The lowest BCUT2D eigenvalue weighted by molar-refractivity contribution is 0.0950. The number of rotatable bonds is 5. The maximum absolute atomic E-state index is 12.9. The average Bonchev–Trinajstić information content (AvgIpc) is 2.97. The van der Waals surface area contributed by atoms with E-state index in [1.165, 1.54) is 16.4 Å². The summed E-state index contributed by atoms with van der Waals surface area (Å²) in [6.45, 7) is 2.68. The Morgan fingerprint density at radius 3 is 2.88 bits per heavy atom. The number of hydrogen-bond acceptors (Lipinski definition) is 5. The number of amides is 1. The normalized spacial score (nSPS) is 16.0. The minimum absolute atomic E-state index is 0.147. The van der Waals surface area contributed by atoms with Gasteiger partial charge in [0.15, 0.2) is 0 Å². The summed E-state index contributed by atoms with van der Waals surface area (Å²) < 4.78 is 27.2. The Hall–Kier alpha value is -2.29. The van der Waals surface area contributed by atoms with E-state index in [2.05, 4.69) is 15.6 Å². The standard InChI is InChI=1S/C18H22N4O3S/c23-18(21-14-15-4-2-7-20-13-15)16-5-1-6-17(12-16)26(24,25)22-10-3-8-19-9-11-22/h1-2,4-7,12-13,19H,3,8-11,14H2,(H,21,23). The van der Waals surface area contributed by atoms with Gasteiger partial charge in [-0.25, -0.2) is 8.42 Å². The molecule has 1 aromatic heterocycles. The van der Waals surface area contributed by atoms with Crippen LogP contribution >= 0.6 is 0 Å². The molecule has 138 valence electrons. The van der Waals surface area contributed by atoms with E-state index in [1.54, 1.807) is 30.6 Å². The molecule has 0 spiro atoms. The van der Waals surface area contributed by atoms with Crippen LogP contribution in [0.25, 0.3) is 0 Å². The molecule has 0 atom stereocenters. The molecule has 1 amide bonds. The van der Waals surface area contributed by atoms with E-state index in [1.807, 2.05) is 6.07 Å². The van der Waals surface area contributed by atoms with Crippen molar-refractivity contribution in [2.75, 3.05) is 26.2 Å². The van der Waals surface area contributed by atoms with Crippen molar-refractivity contribution >= 4 is 15.9 Å². The van der Waals surface area contributed by atoms with Crippen LogP contribution in [-0.2, 0) is 16.6 Å². The van der Waals surface area contributed by atoms with Gasteiger partial charge in [0.05, 0.1) is 4.90 Å². The lowest BCUT2D eigenvalue weighted by Crippen LogP contribution is -2.34. The summed E-state index contributed by atoms with van der Waals surface area (Å²) in [7, 11) is -3.61. The van der Waals surface area contributed by atoms with Crippen molar-refractivity contribution in [1.82, 2.24) is 19.9 Å². The van der Waals surface area contributed by atoms with Crippen molar-refractivity contribution in [1.29, 1.82) is 0 Å². The lowest BCUT2D eigenvalue weighted by atomic mass is 10.2. The topological polar surface area (TPSA) is 91.4 Å². The van der Waals surface area contributed by atoms with Crippen molar-refractivity contribution in [3.8, 4) is 0 Å². The molecule has 1 fully saturated rings. The molecule has 1 saturated heterocycles. The van der Waals surface area contributed by atoms with Crippen LogP contribution < -0.4 is 10.6 Å². The second kappa shape index (κ2) is 8.39. The highest BCUT2D eigenvalue weighted by atomic mass is 32.2. The maximum Gasteiger partial charge on any atom is 0.251 e. The number of nitrogens with one attached hydrogen (secondary N) is 2. The van der Waals surface area contributed by atoms with E-state index < -0.39 is 10.0 Å². The first-order valence-corrected chi connectivity index (χ1v) is 9.99. The summed E-state index contributed by atoms with van der Waals surface area (Å²) in [6, 6.07) is 9.84. The van der Waals surface area contributed by atoms with E-state index in [4.69, 9.17) is 0 Å². The summed E-state index contributed by atoms with van der Waals surface area (Å²) >= 11 is 0. The molecule has 26 heavy (non-hydrogen) atoms. The lowest BCUT2D eigenvalue weighted by Gasteiger charge is -2.20. The number of benzene rings is 1. The molecule has 1 aromatic carbocycles. The van der Waals surface area contributed by atoms with Crippen LogP contribution in [0.4, 0.5) is 0 Å². The predicted molar refractivity (Wildman–Crippen MR) is 98.1 cm³/mol. The fourth-order valence-corrected chi connectivity index (χ4v) is 4.32. The molecule has 1 aliphatic rings. The van der Waals surface area contributed by atoms with Crippen molar-refractivity contribution in [3.63, 3.8) is 0 Å². The largest absolute Gasteiger partial charge is 0.348 e. The van der Waals surface area contributed by atoms with E-state index in [0.29, 0.717) is 31.7 Å². The quantitative estimate of drug-likeness (QED) is 0.815. The first kappa shape index (κ1) is 18.5. The molecule has 0 radical (unpaired) electrons. The number of nitrogens with zero attached hydrogens (tertiary/aromatic N) is 2. The molecule has 0 aliphatic carbocycles. The molecule has 0 unspecified atom stereocenters. The zero-order chi connectivity index (χ0) is 18.4. The first-order valence-electron chi connectivity index (χ1n) is 8.55. The number of carbonyl (C=O) groups excluding carboxylic acids is 1. The zero-order valence-electron chi connectivity index (χ0n) is 14.4. The third-order valence-corrected chi connectivity index (χ3v) is 6.10. The second-order valence-corrected chi connectivity index (χ2v) is 8.02. The monoisotopic (exact) mass is 374 g/mol. The van der Waals surface area contributed by atoms with Gasteiger partial charge in [-0.3, -0.25) is 9.78 Å². The third-order valence-electron chi connectivity index (χ3n) is 4.21. The highest BCUT2D eigenvalue weighted by Crippen LogP contribution is 2.18. The summed E-state index contributed by atoms with van der Waals surface area (Å²) in [6.07, 6.45) is 4.11. The Morgan fingerprint density at radius 1 is 1.19 bits per heavy atom. The molecule has 1 aliphatic heterocycles. The van der Waals surface area contributed by atoms with Crippen LogP contribution in [-0.4, -0.2) is 49.8 Å². The van der Waals surface area contributed by atoms with E-state index in [9.17, 15) is 13.2 Å². The molecule has 2 heterocycles. The van der Waals surface area contributed by atoms with E-state index in [-0.39, 0.29) is 10.8 Å². The molecule has 7 nitrogen and oxygen atoms in total. The van der Waals surface area contributed by atoms with Crippen LogP contribution in [0.2, 0.25) is 0 Å². The molecule has 2 N–H and O–H groups in total. The van der Waals surface area contributed by atoms with Gasteiger partial charge in [0.25, 0.3) is 5.91 Å². The highest BCUT2D eigenvalue weighted by molar-refractivity contribution is 7.89. The van der Waals surface area contributed by atoms with E-state index in [0.717, 1.165) is 18.5 Å². The minimum atomic E-state index is -3.61. The second-order valence-electron chi connectivity index (χ2n) is 6.08. The van der Waals surface area contributed by atoms with Gasteiger partial charge < -0.3 is 10.6 Å². The summed E-state index contributed by atoms with van der Waals surface area (Å²) in [5, 5.41) is 5.97. The first-order chi connectivity index (χ1) is 12.6. The minimum Gasteiger partial charge on any atom is -0.348 e. The van der Waals surface area contributed by atoms with Crippen LogP contribution in [0.1, 0.15) is 22.3 Å². The molecular weight excluding hydrogens is 352 g/mol. The van der Waals surface area contributed by atoms with Gasteiger partial charge in [-0.05, 0) is 42.8 Å². The number of aromatic nitrogens is 1. The van der Waals surface area contributed by atoms with Gasteiger partial charge in [-0.1, -0.05) is 12.1 Å². The van der Waals surface area contributed by atoms with Gasteiger partial charge in [0.2, 0.25) is 10.0 Å².